The van der Waals surface area contributed by atoms with Gasteiger partial charge in [0, 0.05) is 56.0 Å². The van der Waals surface area contributed by atoms with E-state index in [1.165, 1.54) is 12.1 Å². The summed E-state index contributed by atoms with van der Waals surface area (Å²) in [5.74, 6) is -0.121. The minimum atomic E-state index is -0.334. The molecule has 0 saturated heterocycles. The number of amides is 1. The van der Waals surface area contributed by atoms with Crippen LogP contribution in [0.5, 0.6) is 0 Å². The van der Waals surface area contributed by atoms with Crippen LogP contribution >= 0.6 is 11.9 Å². The van der Waals surface area contributed by atoms with E-state index in [4.69, 9.17) is 4.42 Å². The lowest BCUT2D eigenvalue weighted by Gasteiger charge is -2.26. The second-order valence-electron chi connectivity index (χ2n) is 7.54. The maximum absolute atomic E-state index is 13.5. The molecule has 0 aliphatic carbocycles. The van der Waals surface area contributed by atoms with Gasteiger partial charge in [0.25, 0.3) is 5.91 Å². The molecule has 1 N–H and O–H groups in total. The van der Waals surface area contributed by atoms with Crippen molar-refractivity contribution in [2.45, 2.75) is 13.0 Å². The van der Waals surface area contributed by atoms with E-state index in [2.05, 4.69) is 40.3 Å². The van der Waals surface area contributed by atoms with Gasteiger partial charge in [0.15, 0.2) is 0 Å². The van der Waals surface area contributed by atoms with Gasteiger partial charge in [-0.1, -0.05) is 18.0 Å². The summed E-state index contributed by atoms with van der Waals surface area (Å²) >= 11 is 1.67. The Morgan fingerprint density at radius 1 is 1.32 bits per heavy atom. The molecule has 1 atom stereocenters. The Balaban J connectivity index is 1.97. The van der Waals surface area contributed by atoms with Gasteiger partial charge in [-0.2, -0.15) is 0 Å². The number of anilines is 1. The summed E-state index contributed by atoms with van der Waals surface area (Å²) in [6, 6.07) is 10.2. The van der Waals surface area contributed by atoms with Gasteiger partial charge in [0.2, 0.25) is 0 Å². The van der Waals surface area contributed by atoms with E-state index in [9.17, 15) is 9.18 Å². The van der Waals surface area contributed by atoms with Crippen molar-refractivity contribution < 1.29 is 13.6 Å². The second kappa shape index (κ2) is 8.77. The second-order valence-corrected chi connectivity index (χ2v) is 8.35. The molecule has 1 aliphatic heterocycles. The average Bonchev–Trinajstić information content (AvgIpc) is 3.10. The summed E-state index contributed by atoms with van der Waals surface area (Å²) in [6.45, 7) is 8.64. The summed E-state index contributed by atoms with van der Waals surface area (Å²) < 4.78 is 21.9. The normalized spacial score (nSPS) is 16.8. The maximum Gasteiger partial charge on any atom is 0.255 e. The van der Waals surface area contributed by atoms with Gasteiger partial charge in [0.05, 0.1) is 11.3 Å². The van der Waals surface area contributed by atoms with Crippen LogP contribution < -0.4 is 9.62 Å². The van der Waals surface area contributed by atoms with Crippen LogP contribution in [0.3, 0.4) is 0 Å². The molecular formula is C24H26FN3O2S. The van der Waals surface area contributed by atoms with Gasteiger partial charge in [0.1, 0.15) is 17.2 Å². The van der Waals surface area contributed by atoms with Crippen LogP contribution in [-0.4, -0.2) is 43.7 Å². The third-order valence-corrected chi connectivity index (χ3v) is 6.66. The predicted octanol–water partition coefficient (Wildman–Crippen LogP) is 5.25. The molecule has 5 nitrogen and oxygen atoms in total. The molecule has 7 heteroatoms. The number of carbonyl (C=O) groups excluding carboxylic acids is 1. The van der Waals surface area contributed by atoms with E-state index in [1.807, 2.05) is 12.1 Å². The average molecular weight is 440 g/mol. The molecule has 0 bridgehead atoms. The molecule has 2 aromatic carbocycles. The number of carbonyl (C=O) groups is 1. The van der Waals surface area contributed by atoms with Crippen molar-refractivity contribution in [3.63, 3.8) is 0 Å². The molecule has 1 amide bonds. The van der Waals surface area contributed by atoms with Gasteiger partial charge >= 0.3 is 0 Å². The zero-order chi connectivity index (χ0) is 22.1. The smallest absolute Gasteiger partial charge is 0.255 e. The Kier molecular flexibility index (Phi) is 6.07. The molecule has 3 aromatic rings. The van der Waals surface area contributed by atoms with Crippen LogP contribution in [0.1, 0.15) is 28.9 Å². The largest absolute Gasteiger partial charge is 0.455 e. The van der Waals surface area contributed by atoms with Crippen LogP contribution in [0.25, 0.3) is 22.3 Å². The standard InChI is InChI=1S/C24H26FN3O2S/c1-5-10-27-11-12-28(31-4)20-14-21-19(13-18(20)15(27)2)22(24(29)26-3)23(30-21)16-6-8-17(25)9-7-16/h5-9,13-15H,1,10-12H2,2-4H3,(H,26,29). The number of halogens is 1. The third kappa shape index (κ3) is 3.83. The number of rotatable bonds is 5. The fourth-order valence-corrected chi connectivity index (χ4v) is 4.81. The van der Waals surface area contributed by atoms with Gasteiger partial charge in [-0.25, -0.2) is 4.39 Å². The Labute approximate surface area is 186 Å². The van der Waals surface area contributed by atoms with Crippen molar-refractivity contribution in [3.8, 4) is 11.3 Å². The first-order valence-electron chi connectivity index (χ1n) is 10.2. The summed E-state index contributed by atoms with van der Waals surface area (Å²) in [5.41, 5.74) is 3.99. The SMILES string of the molecule is C=CCN1CCN(SC)c2cc3oc(-c4ccc(F)cc4)c(C(=O)NC)c3cc2C1C. The van der Waals surface area contributed by atoms with Crippen LogP contribution in [-0.2, 0) is 0 Å². The van der Waals surface area contributed by atoms with Crippen molar-refractivity contribution in [3.05, 3.63) is 66.0 Å². The summed E-state index contributed by atoms with van der Waals surface area (Å²) in [7, 11) is 1.60. The monoisotopic (exact) mass is 439 g/mol. The molecule has 4 rings (SSSR count). The van der Waals surface area contributed by atoms with Crippen LogP contribution in [0.4, 0.5) is 10.1 Å². The topological polar surface area (TPSA) is 48.7 Å². The highest BCUT2D eigenvalue weighted by molar-refractivity contribution is 7.99. The van der Waals surface area contributed by atoms with E-state index in [1.54, 1.807) is 31.1 Å². The number of hydrogen-bond donors (Lipinski definition) is 1. The van der Waals surface area contributed by atoms with Crippen molar-refractivity contribution in [2.24, 2.45) is 0 Å². The minimum Gasteiger partial charge on any atom is -0.455 e. The summed E-state index contributed by atoms with van der Waals surface area (Å²) in [6.07, 6.45) is 3.98. The number of hydrogen-bond acceptors (Lipinski definition) is 5. The van der Waals surface area contributed by atoms with E-state index in [0.717, 1.165) is 36.3 Å². The lowest BCUT2D eigenvalue weighted by molar-refractivity contribution is 0.0964. The van der Waals surface area contributed by atoms with Crippen molar-refractivity contribution in [1.82, 2.24) is 10.2 Å². The Hall–Kier alpha value is -2.77. The number of fused-ring (bicyclic) bond motifs is 2. The molecule has 1 aliphatic rings. The van der Waals surface area contributed by atoms with Gasteiger partial charge in [-0.15, -0.1) is 6.58 Å². The number of benzene rings is 2. The lowest BCUT2D eigenvalue weighted by atomic mass is 9.99. The van der Waals surface area contributed by atoms with E-state index in [-0.39, 0.29) is 17.8 Å². The Bertz CT molecular complexity index is 1130. The molecule has 1 aromatic heterocycles. The predicted molar refractivity (Wildman–Crippen MR) is 126 cm³/mol. The van der Waals surface area contributed by atoms with Gasteiger partial charge in [-0.05, 0) is 42.8 Å². The first kappa shape index (κ1) is 21.5. The van der Waals surface area contributed by atoms with Crippen LogP contribution in [0, 0.1) is 5.82 Å². The third-order valence-electron chi connectivity index (χ3n) is 5.84. The number of nitrogens with zero attached hydrogens (tertiary/aromatic N) is 2. The zero-order valence-corrected chi connectivity index (χ0v) is 18.8. The molecule has 162 valence electrons. The van der Waals surface area contributed by atoms with Gasteiger partial charge in [-0.3, -0.25) is 9.69 Å². The molecule has 31 heavy (non-hydrogen) atoms. The first-order valence-corrected chi connectivity index (χ1v) is 11.4. The fourth-order valence-electron chi connectivity index (χ4n) is 4.19. The fraction of sp³-hybridized carbons (Fsp3) is 0.292. The van der Waals surface area contributed by atoms with Crippen LogP contribution in [0.15, 0.2) is 53.5 Å². The van der Waals surface area contributed by atoms with Crippen molar-refractivity contribution >= 4 is 34.5 Å². The van der Waals surface area contributed by atoms with Crippen molar-refractivity contribution in [2.75, 3.05) is 37.2 Å². The molecule has 0 spiro atoms. The van der Waals surface area contributed by atoms with E-state index >= 15 is 0 Å². The molecule has 0 fully saturated rings. The molecule has 2 heterocycles. The maximum atomic E-state index is 13.5. The molecule has 1 unspecified atom stereocenters. The molecular weight excluding hydrogens is 413 g/mol. The van der Waals surface area contributed by atoms with Crippen LogP contribution in [0.2, 0.25) is 0 Å². The minimum absolute atomic E-state index is 0.149. The number of furan rings is 1. The summed E-state index contributed by atoms with van der Waals surface area (Å²) in [4.78, 5) is 15.2. The van der Waals surface area contributed by atoms with Crippen molar-refractivity contribution in [1.29, 1.82) is 0 Å². The highest BCUT2D eigenvalue weighted by Gasteiger charge is 2.29. The highest BCUT2D eigenvalue weighted by atomic mass is 32.2. The van der Waals surface area contributed by atoms with E-state index in [0.29, 0.717) is 22.5 Å². The summed E-state index contributed by atoms with van der Waals surface area (Å²) in [5, 5.41) is 3.48. The Morgan fingerprint density at radius 2 is 2.06 bits per heavy atom. The number of nitrogens with one attached hydrogen (secondary N) is 1. The first-order chi connectivity index (χ1) is 15.0. The lowest BCUT2D eigenvalue weighted by Crippen LogP contribution is -2.30. The zero-order valence-electron chi connectivity index (χ0n) is 17.9. The highest BCUT2D eigenvalue weighted by Crippen LogP contribution is 2.42. The molecule has 0 saturated carbocycles. The molecule has 0 radical (unpaired) electrons. The van der Waals surface area contributed by atoms with Gasteiger partial charge < -0.3 is 14.0 Å². The quantitative estimate of drug-likeness (QED) is 0.435. The van der Waals surface area contributed by atoms with E-state index < -0.39 is 0 Å². The Morgan fingerprint density at radius 3 is 2.71 bits per heavy atom.